The van der Waals surface area contributed by atoms with Crippen LogP contribution in [0.1, 0.15) is 20.3 Å². The van der Waals surface area contributed by atoms with Gasteiger partial charge in [0.15, 0.2) is 0 Å². The number of amides is 1. The lowest BCUT2D eigenvalue weighted by atomic mass is 9.88. The lowest BCUT2D eigenvalue weighted by Gasteiger charge is -2.30. The highest BCUT2D eigenvalue weighted by molar-refractivity contribution is 5.97. The SMILES string of the molecule is CCN(C(=O)C1(C)CCNC1)c1cccc(O)c1. The highest BCUT2D eigenvalue weighted by atomic mass is 16.3. The summed E-state index contributed by atoms with van der Waals surface area (Å²) in [5, 5.41) is 12.8. The third-order valence-electron chi connectivity index (χ3n) is 3.59. The number of anilines is 1. The number of phenols is 1. The average Bonchev–Trinajstić information content (AvgIpc) is 2.78. The van der Waals surface area contributed by atoms with E-state index in [1.165, 1.54) is 0 Å². The van der Waals surface area contributed by atoms with Crippen molar-refractivity contribution in [2.45, 2.75) is 20.3 Å². The zero-order chi connectivity index (χ0) is 13.2. The van der Waals surface area contributed by atoms with Crippen molar-refractivity contribution in [2.75, 3.05) is 24.5 Å². The molecule has 1 amide bonds. The number of hydrogen-bond donors (Lipinski definition) is 2. The molecule has 4 nitrogen and oxygen atoms in total. The number of aromatic hydroxyl groups is 1. The minimum atomic E-state index is -0.332. The van der Waals surface area contributed by atoms with Crippen molar-refractivity contribution in [1.82, 2.24) is 5.32 Å². The van der Waals surface area contributed by atoms with Gasteiger partial charge in [0.05, 0.1) is 5.41 Å². The maximum Gasteiger partial charge on any atom is 0.234 e. The minimum absolute atomic E-state index is 0.126. The Morgan fingerprint density at radius 3 is 2.89 bits per heavy atom. The summed E-state index contributed by atoms with van der Waals surface area (Å²) >= 11 is 0. The van der Waals surface area contributed by atoms with Crippen molar-refractivity contribution in [1.29, 1.82) is 0 Å². The molecule has 4 heteroatoms. The zero-order valence-corrected chi connectivity index (χ0v) is 10.9. The first-order valence-electron chi connectivity index (χ1n) is 6.38. The Balaban J connectivity index is 2.26. The van der Waals surface area contributed by atoms with Gasteiger partial charge in [-0.2, -0.15) is 0 Å². The molecule has 0 bridgehead atoms. The summed E-state index contributed by atoms with van der Waals surface area (Å²) < 4.78 is 0. The highest BCUT2D eigenvalue weighted by Gasteiger charge is 2.39. The van der Waals surface area contributed by atoms with E-state index in [-0.39, 0.29) is 17.1 Å². The van der Waals surface area contributed by atoms with Gasteiger partial charge in [0.2, 0.25) is 5.91 Å². The second kappa shape index (κ2) is 4.98. The minimum Gasteiger partial charge on any atom is -0.508 e. The second-order valence-electron chi connectivity index (χ2n) is 5.06. The standard InChI is InChI=1S/C14H20N2O2/c1-3-16(11-5-4-6-12(17)9-11)13(18)14(2)7-8-15-10-14/h4-6,9,15,17H,3,7-8,10H2,1-2H3. The molecule has 1 aromatic carbocycles. The first-order chi connectivity index (χ1) is 8.57. The number of rotatable bonds is 3. The van der Waals surface area contributed by atoms with Gasteiger partial charge in [-0.05, 0) is 38.9 Å². The van der Waals surface area contributed by atoms with E-state index < -0.39 is 0 Å². The van der Waals surface area contributed by atoms with Crippen LogP contribution in [0.4, 0.5) is 5.69 Å². The molecule has 0 saturated carbocycles. The van der Waals surface area contributed by atoms with Gasteiger partial charge in [0.1, 0.15) is 5.75 Å². The maximum atomic E-state index is 12.6. The van der Waals surface area contributed by atoms with Gasteiger partial charge in [-0.25, -0.2) is 0 Å². The molecule has 98 valence electrons. The van der Waals surface area contributed by atoms with E-state index in [9.17, 15) is 9.90 Å². The zero-order valence-electron chi connectivity index (χ0n) is 10.9. The number of nitrogens with one attached hydrogen (secondary N) is 1. The van der Waals surface area contributed by atoms with Crippen molar-refractivity contribution in [3.8, 4) is 5.75 Å². The van der Waals surface area contributed by atoms with Crippen molar-refractivity contribution < 1.29 is 9.90 Å². The summed E-state index contributed by atoms with van der Waals surface area (Å²) in [6.07, 6.45) is 0.862. The van der Waals surface area contributed by atoms with E-state index in [0.29, 0.717) is 6.54 Å². The first-order valence-corrected chi connectivity index (χ1v) is 6.38. The Kier molecular flexibility index (Phi) is 3.57. The van der Waals surface area contributed by atoms with Gasteiger partial charge >= 0.3 is 0 Å². The van der Waals surface area contributed by atoms with Crippen LogP contribution < -0.4 is 10.2 Å². The van der Waals surface area contributed by atoms with Crippen LogP contribution in [-0.2, 0) is 4.79 Å². The Labute approximate surface area is 108 Å². The van der Waals surface area contributed by atoms with E-state index in [4.69, 9.17) is 0 Å². The number of benzene rings is 1. The molecular weight excluding hydrogens is 228 g/mol. The van der Waals surface area contributed by atoms with Gasteiger partial charge in [0, 0.05) is 24.8 Å². The molecule has 1 aliphatic rings. The second-order valence-corrected chi connectivity index (χ2v) is 5.06. The fraction of sp³-hybridized carbons (Fsp3) is 0.500. The summed E-state index contributed by atoms with van der Waals surface area (Å²) in [5.74, 6) is 0.314. The molecule has 1 unspecified atom stereocenters. The predicted molar refractivity (Wildman–Crippen MR) is 71.7 cm³/mol. The van der Waals surface area contributed by atoms with Gasteiger partial charge in [-0.1, -0.05) is 6.07 Å². The molecule has 0 spiro atoms. The van der Waals surface area contributed by atoms with Crippen molar-refractivity contribution in [2.24, 2.45) is 5.41 Å². The lowest BCUT2D eigenvalue weighted by Crippen LogP contribution is -2.43. The molecule has 0 radical (unpaired) electrons. The molecule has 1 saturated heterocycles. The Bertz CT molecular complexity index is 439. The largest absolute Gasteiger partial charge is 0.508 e. The van der Waals surface area contributed by atoms with Crippen molar-refractivity contribution in [3.63, 3.8) is 0 Å². The van der Waals surface area contributed by atoms with Crippen LogP contribution in [0.15, 0.2) is 24.3 Å². The van der Waals surface area contributed by atoms with E-state index in [1.54, 1.807) is 23.1 Å². The van der Waals surface area contributed by atoms with Crippen LogP contribution in [0.2, 0.25) is 0 Å². The average molecular weight is 248 g/mol. The molecule has 0 aromatic heterocycles. The van der Waals surface area contributed by atoms with Gasteiger partial charge in [-0.3, -0.25) is 4.79 Å². The Hall–Kier alpha value is -1.55. The van der Waals surface area contributed by atoms with Crippen molar-refractivity contribution >= 4 is 11.6 Å². The van der Waals surface area contributed by atoms with Crippen LogP contribution in [-0.4, -0.2) is 30.6 Å². The molecule has 1 fully saturated rings. The molecule has 1 aliphatic heterocycles. The normalized spacial score (nSPS) is 23.0. The Morgan fingerprint density at radius 2 is 2.33 bits per heavy atom. The summed E-state index contributed by atoms with van der Waals surface area (Å²) in [6.45, 7) is 6.17. The molecule has 1 heterocycles. The first kappa shape index (κ1) is 12.9. The number of carbonyl (C=O) groups excluding carboxylic acids is 1. The molecule has 2 rings (SSSR count). The molecular formula is C14H20N2O2. The quantitative estimate of drug-likeness (QED) is 0.856. The fourth-order valence-electron chi connectivity index (χ4n) is 2.43. The number of carbonyl (C=O) groups is 1. The third-order valence-corrected chi connectivity index (χ3v) is 3.59. The van der Waals surface area contributed by atoms with Gasteiger partial charge < -0.3 is 15.3 Å². The summed E-state index contributed by atoms with van der Waals surface area (Å²) in [7, 11) is 0. The highest BCUT2D eigenvalue weighted by Crippen LogP contribution is 2.30. The third kappa shape index (κ3) is 2.34. The number of hydrogen-bond acceptors (Lipinski definition) is 3. The van der Waals surface area contributed by atoms with E-state index >= 15 is 0 Å². The molecule has 18 heavy (non-hydrogen) atoms. The van der Waals surface area contributed by atoms with Crippen LogP contribution >= 0.6 is 0 Å². The molecule has 1 aromatic rings. The maximum absolute atomic E-state index is 12.6. The monoisotopic (exact) mass is 248 g/mol. The van der Waals surface area contributed by atoms with Gasteiger partial charge in [-0.15, -0.1) is 0 Å². The topological polar surface area (TPSA) is 52.6 Å². The van der Waals surface area contributed by atoms with Crippen LogP contribution in [0, 0.1) is 5.41 Å². The molecule has 1 atom stereocenters. The van der Waals surface area contributed by atoms with Gasteiger partial charge in [0.25, 0.3) is 0 Å². The predicted octanol–water partition coefficient (Wildman–Crippen LogP) is 1.74. The Morgan fingerprint density at radius 1 is 1.56 bits per heavy atom. The molecule has 0 aliphatic carbocycles. The van der Waals surface area contributed by atoms with Crippen LogP contribution in [0.25, 0.3) is 0 Å². The molecule has 2 N–H and O–H groups in total. The summed E-state index contributed by atoms with van der Waals surface area (Å²) in [6, 6.07) is 6.86. The van der Waals surface area contributed by atoms with Crippen LogP contribution in [0.3, 0.4) is 0 Å². The fourth-order valence-corrected chi connectivity index (χ4v) is 2.43. The van der Waals surface area contributed by atoms with Crippen molar-refractivity contribution in [3.05, 3.63) is 24.3 Å². The van der Waals surface area contributed by atoms with E-state index in [1.807, 2.05) is 19.9 Å². The smallest absolute Gasteiger partial charge is 0.234 e. The summed E-state index contributed by atoms with van der Waals surface area (Å²) in [5.41, 5.74) is 0.428. The lowest BCUT2D eigenvalue weighted by molar-refractivity contribution is -0.126. The van der Waals surface area contributed by atoms with Crippen LogP contribution in [0.5, 0.6) is 5.75 Å². The number of nitrogens with zero attached hydrogens (tertiary/aromatic N) is 1. The van der Waals surface area contributed by atoms with E-state index in [0.717, 1.165) is 25.2 Å². The summed E-state index contributed by atoms with van der Waals surface area (Å²) in [4.78, 5) is 14.4. The number of phenolic OH excluding ortho intramolecular Hbond substituents is 1. The van der Waals surface area contributed by atoms with E-state index in [2.05, 4.69) is 5.32 Å².